The van der Waals surface area contributed by atoms with Gasteiger partial charge < -0.3 is 10.2 Å². The zero-order valence-corrected chi connectivity index (χ0v) is 17.8. The predicted octanol–water partition coefficient (Wildman–Crippen LogP) is 3.07. The van der Waals surface area contributed by atoms with Crippen LogP contribution in [0.4, 0.5) is 5.69 Å². The average molecular weight is 410 g/mol. The number of anilines is 1. The van der Waals surface area contributed by atoms with Gasteiger partial charge in [-0.05, 0) is 43.7 Å². The van der Waals surface area contributed by atoms with Gasteiger partial charge in [-0.2, -0.15) is 0 Å². The summed E-state index contributed by atoms with van der Waals surface area (Å²) in [7, 11) is 0. The highest BCUT2D eigenvalue weighted by atomic mass is 16.2. The van der Waals surface area contributed by atoms with Gasteiger partial charge in [0.15, 0.2) is 0 Å². The summed E-state index contributed by atoms with van der Waals surface area (Å²) in [5.41, 5.74) is 1.04. The van der Waals surface area contributed by atoms with E-state index < -0.39 is 6.04 Å². The SMILES string of the molecule is CC(C)CC(C(=O)N1CCC(Nc2ccccc2)C1)N1C(=O)C2CC=CCC2C1=O. The molecule has 1 aliphatic carbocycles. The molecule has 6 heteroatoms. The van der Waals surface area contributed by atoms with Crippen molar-refractivity contribution in [1.82, 2.24) is 9.80 Å². The zero-order chi connectivity index (χ0) is 21.3. The number of hydrogen-bond donors (Lipinski definition) is 1. The van der Waals surface area contributed by atoms with Crippen LogP contribution in [0.5, 0.6) is 0 Å². The maximum atomic E-state index is 13.5. The molecule has 0 radical (unpaired) electrons. The van der Waals surface area contributed by atoms with Crippen molar-refractivity contribution in [2.24, 2.45) is 17.8 Å². The van der Waals surface area contributed by atoms with Crippen LogP contribution in [-0.2, 0) is 14.4 Å². The number of fused-ring (bicyclic) bond motifs is 1. The number of amides is 3. The summed E-state index contributed by atoms with van der Waals surface area (Å²) in [6.45, 7) is 5.29. The lowest BCUT2D eigenvalue weighted by molar-refractivity contribution is -0.151. The smallest absolute Gasteiger partial charge is 0.245 e. The number of imide groups is 1. The third kappa shape index (κ3) is 4.00. The largest absolute Gasteiger partial charge is 0.380 e. The molecule has 0 spiro atoms. The molecule has 2 fully saturated rings. The normalized spacial score (nSPS) is 27.0. The van der Waals surface area contributed by atoms with Gasteiger partial charge in [-0.1, -0.05) is 44.2 Å². The number of rotatable bonds is 6. The Morgan fingerprint density at radius 3 is 2.30 bits per heavy atom. The summed E-state index contributed by atoms with van der Waals surface area (Å²) < 4.78 is 0. The van der Waals surface area contributed by atoms with Crippen LogP contribution in [0.1, 0.15) is 39.5 Å². The van der Waals surface area contributed by atoms with Crippen molar-refractivity contribution in [2.75, 3.05) is 18.4 Å². The minimum atomic E-state index is -0.689. The molecule has 4 unspecified atom stereocenters. The van der Waals surface area contributed by atoms with Gasteiger partial charge in [0.25, 0.3) is 0 Å². The Morgan fingerprint density at radius 1 is 1.07 bits per heavy atom. The van der Waals surface area contributed by atoms with E-state index in [9.17, 15) is 14.4 Å². The molecule has 1 aromatic rings. The number of likely N-dealkylation sites (tertiary alicyclic amines) is 2. The van der Waals surface area contributed by atoms with Crippen LogP contribution in [0, 0.1) is 17.8 Å². The summed E-state index contributed by atoms with van der Waals surface area (Å²) in [5, 5.41) is 3.48. The van der Waals surface area contributed by atoms with Gasteiger partial charge in [-0.15, -0.1) is 0 Å². The monoisotopic (exact) mass is 409 g/mol. The average Bonchev–Trinajstić information content (AvgIpc) is 3.30. The number of nitrogens with zero attached hydrogens (tertiary/aromatic N) is 2. The van der Waals surface area contributed by atoms with Crippen molar-refractivity contribution >= 4 is 23.4 Å². The van der Waals surface area contributed by atoms with Gasteiger partial charge in [-0.3, -0.25) is 19.3 Å². The van der Waals surface area contributed by atoms with E-state index in [2.05, 4.69) is 5.32 Å². The molecule has 0 bridgehead atoms. The Hall–Kier alpha value is -2.63. The number of para-hydroxylation sites is 1. The lowest BCUT2D eigenvalue weighted by Crippen LogP contribution is -2.51. The second-order valence-electron chi connectivity index (χ2n) is 9.13. The van der Waals surface area contributed by atoms with Crippen molar-refractivity contribution in [2.45, 2.75) is 51.6 Å². The molecule has 3 aliphatic rings. The van der Waals surface area contributed by atoms with Crippen LogP contribution < -0.4 is 5.32 Å². The van der Waals surface area contributed by atoms with E-state index >= 15 is 0 Å². The van der Waals surface area contributed by atoms with Crippen molar-refractivity contribution in [1.29, 1.82) is 0 Å². The molecule has 160 valence electrons. The van der Waals surface area contributed by atoms with Gasteiger partial charge in [0.2, 0.25) is 17.7 Å². The Balaban J connectivity index is 1.48. The number of allylic oxidation sites excluding steroid dienone is 2. The van der Waals surface area contributed by atoms with E-state index in [-0.39, 0.29) is 41.5 Å². The molecule has 1 N–H and O–H groups in total. The summed E-state index contributed by atoms with van der Waals surface area (Å²) >= 11 is 0. The molecule has 1 aromatic carbocycles. The molecule has 4 rings (SSSR count). The number of hydrogen-bond acceptors (Lipinski definition) is 4. The first kappa shape index (κ1) is 20.6. The fourth-order valence-corrected chi connectivity index (χ4v) is 4.96. The predicted molar refractivity (Wildman–Crippen MR) is 115 cm³/mol. The topological polar surface area (TPSA) is 69.7 Å². The molecule has 2 aliphatic heterocycles. The van der Waals surface area contributed by atoms with Crippen LogP contribution in [-0.4, -0.2) is 52.7 Å². The van der Waals surface area contributed by atoms with Crippen LogP contribution in [0.2, 0.25) is 0 Å². The third-order valence-corrected chi connectivity index (χ3v) is 6.48. The number of nitrogens with one attached hydrogen (secondary N) is 1. The fourth-order valence-electron chi connectivity index (χ4n) is 4.96. The summed E-state index contributed by atoms with van der Waals surface area (Å²) in [6, 6.07) is 9.46. The minimum absolute atomic E-state index is 0.0885. The van der Waals surface area contributed by atoms with Gasteiger partial charge in [0, 0.05) is 24.8 Å². The van der Waals surface area contributed by atoms with E-state index in [1.165, 1.54) is 4.90 Å². The number of carbonyl (C=O) groups is 3. The molecular formula is C24H31N3O3. The summed E-state index contributed by atoms with van der Waals surface area (Å²) in [4.78, 5) is 42.8. The highest BCUT2D eigenvalue weighted by molar-refractivity contribution is 6.08. The minimum Gasteiger partial charge on any atom is -0.380 e. The lowest BCUT2D eigenvalue weighted by atomic mass is 9.85. The van der Waals surface area contributed by atoms with E-state index in [1.54, 1.807) is 0 Å². The van der Waals surface area contributed by atoms with E-state index in [1.807, 2.05) is 61.2 Å². The van der Waals surface area contributed by atoms with Gasteiger partial charge in [0.05, 0.1) is 11.8 Å². The zero-order valence-electron chi connectivity index (χ0n) is 17.8. The maximum Gasteiger partial charge on any atom is 0.245 e. The van der Waals surface area contributed by atoms with Crippen LogP contribution in [0.3, 0.4) is 0 Å². The first-order valence-electron chi connectivity index (χ1n) is 11.1. The summed E-state index contributed by atoms with van der Waals surface area (Å²) in [6.07, 6.45) is 6.52. The molecule has 30 heavy (non-hydrogen) atoms. The van der Waals surface area contributed by atoms with Gasteiger partial charge >= 0.3 is 0 Å². The lowest BCUT2D eigenvalue weighted by Gasteiger charge is -2.31. The van der Waals surface area contributed by atoms with Crippen molar-refractivity contribution in [3.8, 4) is 0 Å². The Morgan fingerprint density at radius 2 is 1.70 bits per heavy atom. The number of benzene rings is 1. The van der Waals surface area contributed by atoms with Crippen molar-refractivity contribution in [3.05, 3.63) is 42.5 Å². The molecule has 4 atom stereocenters. The second-order valence-corrected chi connectivity index (χ2v) is 9.13. The standard InChI is InChI=1S/C24H31N3O3/c1-16(2)14-21(27-22(28)19-10-6-7-11-20(19)23(27)29)24(30)26-13-12-18(15-26)25-17-8-4-3-5-9-17/h3-9,16,18-21,25H,10-15H2,1-2H3. The third-order valence-electron chi connectivity index (χ3n) is 6.48. The van der Waals surface area contributed by atoms with Crippen LogP contribution in [0.25, 0.3) is 0 Å². The highest BCUT2D eigenvalue weighted by Gasteiger charge is 2.52. The molecular weight excluding hydrogens is 378 g/mol. The first-order valence-corrected chi connectivity index (χ1v) is 11.1. The summed E-state index contributed by atoms with van der Waals surface area (Å²) in [5.74, 6) is -0.791. The quantitative estimate of drug-likeness (QED) is 0.579. The first-order chi connectivity index (χ1) is 14.5. The Labute approximate surface area is 178 Å². The highest BCUT2D eigenvalue weighted by Crippen LogP contribution is 2.37. The number of carbonyl (C=O) groups excluding carboxylic acids is 3. The van der Waals surface area contributed by atoms with E-state index in [4.69, 9.17) is 0 Å². The van der Waals surface area contributed by atoms with Crippen LogP contribution >= 0.6 is 0 Å². The van der Waals surface area contributed by atoms with Crippen LogP contribution in [0.15, 0.2) is 42.5 Å². The fraction of sp³-hybridized carbons (Fsp3) is 0.542. The second kappa shape index (κ2) is 8.62. The van der Waals surface area contributed by atoms with E-state index in [0.717, 1.165) is 12.1 Å². The van der Waals surface area contributed by atoms with Crippen molar-refractivity contribution < 1.29 is 14.4 Å². The van der Waals surface area contributed by atoms with Gasteiger partial charge in [0.1, 0.15) is 6.04 Å². The van der Waals surface area contributed by atoms with Crippen molar-refractivity contribution in [3.63, 3.8) is 0 Å². The molecule has 0 aromatic heterocycles. The Bertz CT molecular complexity index is 809. The molecule has 2 saturated heterocycles. The molecule has 0 saturated carbocycles. The molecule has 2 heterocycles. The molecule has 3 amide bonds. The Kier molecular flexibility index (Phi) is 5.93. The van der Waals surface area contributed by atoms with E-state index in [0.29, 0.717) is 32.4 Å². The maximum absolute atomic E-state index is 13.5. The molecule has 6 nitrogen and oxygen atoms in total. The van der Waals surface area contributed by atoms with Gasteiger partial charge in [-0.25, -0.2) is 0 Å².